The highest BCUT2D eigenvalue weighted by Crippen LogP contribution is 2.32. The second-order valence-electron chi connectivity index (χ2n) is 5.33. The van der Waals surface area contributed by atoms with Gasteiger partial charge in [-0.15, -0.1) is 0 Å². The molecule has 0 spiro atoms. The van der Waals surface area contributed by atoms with Crippen LogP contribution in [-0.4, -0.2) is 35.9 Å². The van der Waals surface area contributed by atoms with Crippen molar-refractivity contribution in [1.82, 2.24) is 10.5 Å². The summed E-state index contributed by atoms with van der Waals surface area (Å²) in [6.45, 7) is 4.44. The fraction of sp³-hybridized carbons (Fsp3) is 0.375. The topological polar surface area (TPSA) is 93.8 Å². The van der Waals surface area contributed by atoms with Crippen LogP contribution in [0.1, 0.15) is 33.5 Å². The number of benzene rings is 1. The number of hydrogen-bond donors (Lipinski definition) is 2. The van der Waals surface area contributed by atoms with Crippen LogP contribution in [0.5, 0.6) is 11.5 Å². The van der Waals surface area contributed by atoms with E-state index in [0.717, 1.165) is 0 Å². The molecule has 0 radical (unpaired) electrons. The summed E-state index contributed by atoms with van der Waals surface area (Å²) in [5, 5.41) is 16.7. The summed E-state index contributed by atoms with van der Waals surface area (Å²) >= 11 is 0. The van der Waals surface area contributed by atoms with Gasteiger partial charge in [0.25, 0.3) is 5.91 Å². The van der Waals surface area contributed by atoms with E-state index in [1.807, 2.05) is 0 Å². The van der Waals surface area contributed by atoms with E-state index in [9.17, 15) is 9.90 Å². The molecule has 122 valence electrons. The third-order valence-corrected chi connectivity index (χ3v) is 3.67. The van der Waals surface area contributed by atoms with Crippen molar-refractivity contribution in [2.45, 2.75) is 20.0 Å². The Morgan fingerprint density at radius 3 is 2.74 bits per heavy atom. The van der Waals surface area contributed by atoms with E-state index in [0.29, 0.717) is 47.3 Å². The quantitative estimate of drug-likeness (QED) is 0.888. The Kier molecular flexibility index (Phi) is 4.20. The average Bonchev–Trinajstić information content (AvgIpc) is 2.90. The Hall–Kier alpha value is -2.54. The van der Waals surface area contributed by atoms with Crippen LogP contribution in [0, 0.1) is 13.8 Å². The van der Waals surface area contributed by atoms with Gasteiger partial charge in [0.2, 0.25) is 0 Å². The molecule has 0 unspecified atom stereocenters. The molecule has 1 aromatic heterocycles. The van der Waals surface area contributed by atoms with Crippen molar-refractivity contribution >= 4 is 5.91 Å². The first-order chi connectivity index (χ1) is 11.1. The molecular weight excluding hydrogens is 300 g/mol. The maximum absolute atomic E-state index is 12.1. The number of ether oxygens (including phenoxy) is 2. The summed E-state index contributed by atoms with van der Waals surface area (Å²) in [7, 11) is 0. The fourth-order valence-corrected chi connectivity index (χ4v) is 2.47. The predicted octanol–water partition coefficient (Wildman–Crippen LogP) is 1.53. The number of carbonyl (C=O) groups excluding carboxylic acids is 1. The standard InChI is InChI=1S/C16H18N2O5/c1-9-15(10(2)23-18-9)16(20)17-8-12(19)11-3-4-13-14(7-11)22-6-5-21-13/h3-4,7,12,19H,5-6,8H2,1-2H3,(H,17,20)/t12-/m1/s1. The molecule has 2 heterocycles. The van der Waals surface area contributed by atoms with E-state index in [2.05, 4.69) is 10.5 Å². The minimum atomic E-state index is -0.852. The number of aryl methyl sites for hydroxylation is 2. The highest BCUT2D eigenvalue weighted by molar-refractivity contribution is 5.96. The molecular formula is C16H18N2O5. The number of amides is 1. The molecule has 23 heavy (non-hydrogen) atoms. The Morgan fingerprint density at radius 2 is 2.04 bits per heavy atom. The molecule has 0 saturated heterocycles. The van der Waals surface area contributed by atoms with Crippen LogP contribution in [-0.2, 0) is 0 Å². The van der Waals surface area contributed by atoms with E-state index >= 15 is 0 Å². The second-order valence-corrected chi connectivity index (χ2v) is 5.33. The van der Waals surface area contributed by atoms with Crippen molar-refractivity contribution in [2.75, 3.05) is 19.8 Å². The lowest BCUT2D eigenvalue weighted by Crippen LogP contribution is -2.29. The van der Waals surface area contributed by atoms with Crippen LogP contribution in [0.4, 0.5) is 0 Å². The van der Waals surface area contributed by atoms with Gasteiger partial charge in [-0.2, -0.15) is 0 Å². The summed E-state index contributed by atoms with van der Waals surface area (Å²) in [5.41, 5.74) is 1.57. The van der Waals surface area contributed by atoms with Gasteiger partial charge in [-0.1, -0.05) is 11.2 Å². The highest BCUT2D eigenvalue weighted by atomic mass is 16.6. The number of aromatic nitrogens is 1. The number of nitrogens with zero attached hydrogens (tertiary/aromatic N) is 1. The van der Waals surface area contributed by atoms with Crippen molar-refractivity contribution in [3.63, 3.8) is 0 Å². The van der Waals surface area contributed by atoms with E-state index in [-0.39, 0.29) is 12.5 Å². The molecule has 2 N–H and O–H groups in total. The molecule has 0 saturated carbocycles. The zero-order valence-corrected chi connectivity index (χ0v) is 13.0. The molecule has 1 aliphatic rings. The monoisotopic (exact) mass is 318 g/mol. The molecule has 1 aromatic carbocycles. The number of nitrogens with one attached hydrogen (secondary N) is 1. The van der Waals surface area contributed by atoms with Crippen LogP contribution < -0.4 is 14.8 Å². The van der Waals surface area contributed by atoms with Gasteiger partial charge >= 0.3 is 0 Å². The summed E-state index contributed by atoms with van der Waals surface area (Å²) < 4.78 is 15.9. The van der Waals surface area contributed by atoms with Gasteiger partial charge in [0, 0.05) is 6.54 Å². The van der Waals surface area contributed by atoms with Crippen molar-refractivity contribution < 1.29 is 23.9 Å². The van der Waals surface area contributed by atoms with Crippen molar-refractivity contribution in [2.24, 2.45) is 0 Å². The lowest BCUT2D eigenvalue weighted by molar-refractivity contribution is 0.0913. The first kappa shape index (κ1) is 15.4. The van der Waals surface area contributed by atoms with Crippen LogP contribution in [0.3, 0.4) is 0 Å². The molecule has 0 bridgehead atoms. The van der Waals surface area contributed by atoms with Crippen LogP contribution in [0.25, 0.3) is 0 Å². The maximum Gasteiger partial charge on any atom is 0.256 e. The van der Waals surface area contributed by atoms with Gasteiger partial charge in [0.05, 0.1) is 11.8 Å². The Labute approximate surface area is 133 Å². The number of fused-ring (bicyclic) bond motifs is 1. The van der Waals surface area contributed by atoms with E-state index in [4.69, 9.17) is 14.0 Å². The summed E-state index contributed by atoms with van der Waals surface area (Å²) in [6, 6.07) is 5.23. The first-order valence-electron chi connectivity index (χ1n) is 7.35. The van der Waals surface area contributed by atoms with Gasteiger partial charge in [-0.05, 0) is 31.5 Å². The SMILES string of the molecule is Cc1noc(C)c1C(=O)NC[C@@H](O)c1ccc2c(c1)OCCO2. The van der Waals surface area contributed by atoms with Crippen molar-refractivity contribution in [1.29, 1.82) is 0 Å². The molecule has 0 aliphatic carbocycles. The summed E-state index contributed by atoms with van der Waals surface area (Å²) in [6.07, 6.45) is -0.852. The largest absolute Gasteiger partial charge is 0.486 e. The first-order valence-corrected chi connectivity index (χ1v) is 7.35. The van der Waals surface area contributed by atoms with Crippen LogP contribution in [0.2, 0.25) is 0 Å². The Bertz CT molecular complexity index is 706. The zero-order chi connectivity index (χ0) is 16.4. The van der Waals surface area contributed by atoms with Crippen LogP contribution >= 0.6 is 0 Å². The number of rotatable bonds is 4. The zero-order valence-electron chi connectivity index (χ0n) is 13.0. The van der Waals surface area contributed by atoms with Gasteiger partial charge in [-0.25, -0.2) is 0 Å². The molecule has 1 atom stereocenters. The van der Waals surface area contributed by atoms with Gasteiger partial charge < -0.3 is 24.4 Å². The van der Waals surface area contributed by atoms with E-state index < -0.39 is 6.10 Å². The lowest BCUT2D eigenvalue weighted by atomic mass is 10.1. The lowest BCUT2D eigenvalue weighted by Gasteiger charge is -2.20. The van der Waals surface area contributed by atoms with Gasteiger partial charge in [0.1, 0.15) is 24.5 Å². The second kappa shape index (κ2) is 6.29. The number of aliphatic hydroxyl groups is 1. The molecule has 3 rings (SSSR count). The highest BCUT2D eigenvalue weighted by Gasteiger charge is 2.20. The van der Waals surface area contributed by atoms with E-state index in [1.54, 1.807) is 32.0 Å². The summed E-state index contributed by atoms with van der Waals surface area (Å²) in [5.74, 6) is 1.39. The Morgan fingerprint density at radius 1 is 1.30 bits per heavy atom. The molecule has 2 aromatic rings. The smallest absolute Gasteiger partial charge is 0.256 e. The number of hydrogen-bond acceptors (Lipinski definition) is 6. The van der Waals surface area contributed by atoms with E-state index in [1.165, 1.54) is 0 Å². The minimum absolute atomic E-state index is 0.0720. The predicted molar refractivity (Wildman–Crippen MR) is 80.7 cm³/mol. The average molecular weight is 318 g/mol. The fourth-order valence-electron chi connectivity index (χ4n) is 2.47. The molecule has 7 nitrogen and oxygen atoms in total. The van der Waals surface area contributed by atoms with Crippen molar-refractivity contribution in [3.8, 4) is 11.5 Å². The van der Waals surface area contributed by atoms with Gasteiger partial charge in [0.15, 0.2) is 11.5 Å². The third kappa shape index (κ3) is 3.14. The molecule has 1 amide bonds. The third-order valence-electron chi connectivity index (χ3n) is 3.67. The summed E-state index contributed by atoms with van der Waals surface area (Å²) in [4.78, 5) is 12.1. The van der Waals surface area contributed by atoms with Gasteiger partial charge in [-0.3, -0.25) is 4.79 Å². The van der Waals surface area contributed by atoms with Crippen molar-refractivity contribution in [3.05, 3.63) is 40.8 Å². The Balaban J connectivity index is 1.65. The number of aliphatic hydroxyl groups excluding tert-OH is 1. The minimum Gasteiger partial charge on any atom is -0.486 e. The molecule has 1 aliphatic heterocycles. The normalized spacial score (nSPS) is 14.4. The van der Waals surface area contributed by atoms with Crippen LogP contribution in [0.15, 0.2) is 22.7 Å². The maximum atomic E-state index is 12.1. The number of carbonyl (C=O) groups is 1. The molecule has 7 heteroatoms. The molecule has 0 fully saturated rings.